The first kappa shape index (κ1) is 12.7. The minimum absolute atomic E-state index is 0.145. The number of ether oxygens (including phenoxy) is 1. The Kier molecular flexibility index (Phi) is 3.12. The van der Waals surface area contributed by atoms with E-state index in [4.69, 9.17) is 4.74 Å². The quantitative estimate of drug-likeness (QED) is 0.744. The highest BCUT2D eigenvalue weighted by Gasteiger charge is 2.58. The summed E-state index contributed by atoms with van der Waals surface area (Å²) in [5.74, 6) is 1.44. The summed E-state index contributed by atoms with van der Waals surface area (Å²) in [4.78, 5) is 12.4. The maximum absolute atomic E-state index is 12.4. The first-order valence-corrected chi connectivity index (χ1v) is 7.43. The van der Waals surface area contributed by atoms with E-state index in [0.29, 0.717) is 23.3 Å². The Bertz CT molecular complexity index is 438. The second kappa shape index (κ2) is 4.66. The van der Waals surface area contributed by atoms with E-state index in [-0.39, 0.29) is 11.6 Å². The van der Waals surface area contributed by atoms with Gasteiger partial charge in [-0.1, -0.05) is 32.0 Å². The van der Waals surface area contributed by atoms with Crippen LogP contribution in [0, 0.1) is 17.8 Å². The molecule has 2 heteroatoms. The predicted molar refractivity (Wildman–Crippen MR) is 74.9 cm³/mol. The molecule has 0 radical (unpaired) electrons. The van der Waals surface area contributed by atoms with Crippen molar-refractivity contribution in [2.75, 3.05) is 0 Å². The highest BCUT2D eigenvalue weighted by Crippen LogP contribution is 2.57. The van der Waals surface area contributed by atoms with Crippen molar-refractivity contribution in [2.45, 2.75) is 45.1 Å². The van der Waals surface area contributed by atoms with Crippen LogP contribution in [0.3, 0.4) is 0 Å². The van der Waals surface area contributed by atoms with E-state index < -0.39 is 0 Å². The van der Waals surface area contributed by atoms with Gasteiger partial charge in [-0.15, -0.1) is 0 Å². The van der Waals surface area contributed by atoms with E-state index in [1.807, 2.05) is 30.3 Å². The van der Waals surface area contributed by atoms with Crippen LogP contribution in [-0.4, -0.2) is 11.6 Å². The van der Waals surface area contributed by atoms with Crippen LogP contribution in [0.1, 0.15) is 49.9 Å². The number of carbonyl (C=O) groups is 1. The van der Waals surface area contributed by atoms with Crippen LogP contribution in [-0.2, 0) is 4.74 Å². The first-order chi connectivity index (χ1) is 9.14. The fraction of sp³-hybridized carbons (Fsp3) is 0.588. The average Bonchev–Trinajstić information content (AvgIpc) is 3.29. The highest BCUT2D eigenvalue weighted by atomic mass is 16.6. The van der Waals surface area contributed by atoms with Crippen LogP contribution in [0.25, 0.3) is 0 Å². The van der Waals surface area contributed by atoms with Gasteiger partial charge < -0.3 is 4.74 Å². The van der Waals surface area contributed by atoms with Crippen LogP contribution < -0.4 is 0 Å². The summed E-state index contributed by atoms with van der Waals surface area (Å²) >= 11 is 0. The van der Waals surface area contributed by atoms with Gasteiger partial charge in [0, 0.05) is 0 Å². The molecule has 2 aliphatic rings. The maximum Gasteiger partial charge on any atom is 0.338 e. The molecular formula is C17H22O2. The lowest BCUT2D eigenvalue weighted by Gasteiger charge is -2.38. The maximum atomic E-state index is 12.4. The molecule has 1 aromatic rings. The Morgan fingerprint density at radius 2 is 1.63 bits per heavy atom. The molecule has 2 saturated carbocycles. The van der Waals surface area contributed by atoms with E-state index >= 15 is 0 Å². The van der Waals surface area contributed by atoms with E-state index in [1.165, 1.54) is 25.7 Å². The molecule has 2 aliphatic carbocycles. The van der Waals surface area contributed by atoms with E-state index in [2.05, 4.69) is 13.8 Å². The van der Waals surface area contributed by atoms with Crippen LogP contribution in [0.2, 0.25) is 0 Å². The zero-order chi connectivity index (χ0) is 13.5. The SMILES string of the molecule is CC(C)C(OC(=O)c1ccccc1)(C1CC1)C1CC1. The normalized spacial score (nSPS) is 19.5. The zero-order valence-corrected chi connectivity index (χ0v) is 11.8. The molecule has 3 rings (SSSR count). The fourth-order valence-corrected chi connectivity index (χ4v) is 3.42. The third-order valence-electron chi connectivity index (χ3n) is 4.61. The van der Waals surface area contributed by atoms with E-state index in [0.717, 1.165) is 0 Å². The molecule has 0 N–H and O–H groups in total. The molecule has 1 aromatic carbocycles. The molecule has 0 aromatic heterocycles. The average molecular weight is 258 g/mol. The summed E-state index contributed by atoms with van der Waals surface area (Å²) in [5, 5.41) is 0. The Hall–Kier alpha value is -1.31. The van der Waals surface area contributed by atoms with Gasteiger partial charge in [0.15, 0.2) is 0 Å². The number of carbonyl (C=O) groups excluding carboxylic acids is 1. The Balaban J connectivity index is 1.83. The van der Waals surface area contributed by atoms with Gasteiger partial charge in [0.25, 0.3) is 0 Å². The standard InChI is InChI=1S/C17H22O2/c1-12(2)17(14-8-9-14,15-10-11-15)19-16(18)13-6-4-3-5-7-13/h3-7,12,14-15H,8-11H2,1-2H3. The zero-order valence-electron chi connectivity index (χ0n) is 11.8. The van der Waals surface area contributed by atoms with Crippen molar-refractivity contribution >= 4 is 5.97 Å². The van der Waals surface area contributed by atoms with E-state index in [1.54, 1.807) is 0 Å². The van der Waals surface area contributed by atoms with Gasteiger partial charge >= 0.3 is 5.97 Å². The molecule has 2 nitrogen and oxygen atoms in total. The van der Waals surface area contributed by atoms with Gasteiger partial charge in [-0.3, -0.25) is 0 Å². The Morgan fingerprint density at radius 1 is 1.11 bits per heavy atom. The molecule has 0 unspecified atom stereocenters. The second-order valence-electron chi connectivity index (χ2n) is 6.31. The van der Waals surface area contributed by atoms with Gasteiger partial charge in [0.2, 0.25) is 0 Å². The lowest BCUT2D eigenvalue weighted by Crippen LogP contribution is -2.45. The Morgan fingerprint density at radius 3 is 2.05 bits per heavy atom. The van der Waals surface area contributed by atoms with Crippen molar-refractivity contribution in [3.63, 3.8) is 0 Å². The molecule has 102 valence electrons. The first-order valence-electron chi connectivity index (χ1n) is 7.43. The largest absolute Gasteiger partial charge is 0.455 e. The second-order valence-corrected chi connectivity index (χ2v) is 6.31. The molecule has 0 aliphatic heterocycles. The van der Waals surface area contributed by atoms with Crippen LogP contribution in [0.5, 0.6) is 0 Å². The summed E-state index contributed by atoms with van der Waals surface area (Å²) < 4.78 is 6.09. The lowest BCUT2D eigenvalue weighted by molar-refractivity contribution is -0.0725. The van der Waals surface area contributed by atoms with Gasteiger partial charge in [-0.2, -0.15) is 0 Å². The van der Waals surface area contributed by atoms with Gasteiger partial charge in [-0.05, 0) is 55.6 Å². The topological polar surface area (TPSA) is 26.3 Å². The molecule has 0 amide bonds. The van der Waals surface area contributed by atoms with Gasteiger partial charge in [0.05, 0.1) is 5.56 Å². The Labute approximate surface area is 115 Å². The number of hydrogen-bond acceptors (Lipinski definition) is 2. The number of rotatable bonds is 5. The molecule has 0 heterocycles. The third-order valence-corrected chi connectivity index (χ3v) is 4.61. The highest BCUT2D eigenvalue weighted by molar-refractivity contribution is 5.89. The minimum Gasteiger partial charge on any atom is -0.455 e. The number of benzene rings is 1. The molecule has 2 fully saturated rings. The van der Waals surface area contributed by atoms with Crippen molar-refractivity contribution in [1.29, 1.82) is 0 Å². The van der Waals surface area contributed by atoms with Crippen molar-refractivity contribution < 1.29 is 9.53 Å². The van der Waals surface area contributed by atoms with Crippen molar-refractivity contribution in [2.24, 2.45) is 17.8 Å². The van der Waals surface area contributed by atoms with Crippen LogP contribution in [0.15, 0.2) is 30.3 Å². The fourth-order valence-electron chi connectivity index (χ4n) is 3.42. The van der Waals surface area contributed by atoms with Gasteiger partial charge in [0.1, 0.15) is 5.60 Å². The summed E-state index contributed by atoms with van der Waals surface area (Å²) in [7, 11) is 0. The van der Waals surface area contributed by atoms with Gasteiger partial charge in [-0.25, -0.2) is 4.79 Å². The number of hydrogen-bond donors (Lipinski definition) is 0. The van der Waals surface area contributed by atoms with Crippen LogP contribution >= 0.6 is 0 Å². The smallest absolute Gasteiger partial charge is 0.338 e. The summed E-state index contributed by atoms with van der Waals surface area (Å²) in [5.41, 5.74) is 0.473. The van der Waals surface area contributed by atoms with Crippen molar-refractivity contribution in [1.82, 2.24) is 0 Å². The van der Waals surface area contributed by atoms with Crippen molar-refractivity contribution in [3.8, 4) is 0 Å². The minimum atomic E-state index is -0.201. The summed E-state index contributed by atoms with van der Waals surface area (Å²) in [6, 6.07) is 9.39. The third kappa shape index (κ3) is 2.29. The predicted octanol–water partition coefficient (Wildman–Crippen LogP) is 4.06. The van der Waals surface area contributed by atoms with E-state index in [9.17, 15) is 4.79 Å². The van der Waals surface area contributed by atoms with Crippen LogP contribution in [0.4, 0.5) is 0 Å². The molecule has 0 atom stereocenters. The molecule has 0 bridgehead atoms. The van der Waals surface area contributed by atoms with Crippen molar-refractivity contribution in [3.05, 3.63) is 35.9 Å². The molecule has 0 saturated heterocycles. The molecular weight excluding hydrogens is 236 g/mol. The lowest BCUT2D eigenvalue weighted by atomic mass is 9.80. The number of esters is 1. The summed E-state index contributed by atoms with van der Waals surface area (Å²) in [6.07, 6.45) is 4.88. The molecule has 19 heavy (non-hydrogen) atoms. The molecule has 0 spiro atoms. The summed E-state index contributed by atoms with van der Waals surface area (Å²) in [6.45, 7) is 4.41. The monoisotopic (exact) mass is 258 g/mol.